The van der Waals surface area contributed by atoms with Gasteiger partial charge in [0.15, 0.2) is 0 Å². The number of hydrogen-bond donors (Lipinski definition) is 2. The molecule has 144 valence electrons. The van der Waals surface area contributed by atoms with E-state index in [-0.39, 0.29) is 12.3 Å². The molecular weight excluding hydrogens is 362 g/mol. The Hall–Kier alpha value is -2.41. The van der Waals surface area contributed by atoms with Crippen molar-refractivity contribution in [3.63, 3.8) is 0 Å². The number of benzene rings is 1. The van der Waals surface area contributed by atoms with Gasteiger partial charge in [-0.1, -0.05) is 19.8 Å². The fourth-order valence-corrected chi connectivity index (χ4v) is 4.02. The van der Waals surface area contributed by atoms with Gasteiger partial charge in [-0.15, -0.1) is 11.3 Å². The molecule has 1 fully saturated rings. The summed E-state index contributed by atoms with van der Waals surface area (Å²) in [6.07, 6.45) is 6.72. The summed E-state index contributed by atoms with van der Waals surface area (Å²) in [5, 5.41) is 6.51. The zero-order chi connectivity index (χ0) is 19.2. The maximum Gasteiger partial charge on any atom is 0.337 e. The number of rotatable bonds is 6. The molecule has 2 aromatic rings. The van der Waals surface area contributed by atoms with Crippen LogP contribution in [0.2, 0.25) is 0 Å². The van der Waals surface area contributed by atoms with E-state index in [1.165, 1.54) is 37.7 Å². The molecule has 0 radical (unpaired) electrons. The van der Waals surface area contributed by atoms with Crippen LogP contribution in [0.4, 0.5) is 11.4 Å². The first-order valence-corrected chi connectivity index (χ1v) is 10.1. The van der Waals surface area contributed by atoms with E-state index in [4.69, 9.17) is 4.74 Å². The zero-order valence-corrected chi connectivity index (χ0v) is 16.5. The number of ether oxygens (including phenoxy) is 1. The third kappa shape index (κ3) is 5.07. The number of thiazole rings is 1. The van der Waals surface area contributed by atoms with Gasteiger partial charge in [-0.3, -0.25) is 9.78 Å². The lowest BCUT2D eigenvalue weighted by atomic mass is 9.86. The summed E-state index contributed by atoms with van der Waals surface area (Å²) in [4.78, 5) is 29.3. The van der Waals surface area contributed by atoms with Gasteiger partial charge in [-0.2, -0.15) is 0 Å². The molecule has 2 atom stereocenters. The monoisotopic (exact) mass is 387 g/mol. The first-order chi connectivity index (χ1) is 13.1. The third-order valence-corrected chi connectivity index (χ3v) is 5.77. The quantitative estimate of drug-likeness (QED) is 0.730. The molecule has 27 heavy (non-hydrogen) atoms. The van der Waals surface area contributed by atoms with Crippen LogP contribution in [-0.4, -0.2) is 30.0 Å². The lowest BCUT2D eigenvalue weighted by Gasteiger charge is -2.31. The summed E-state index contributed by atoms with van der Waals surface area (Å²) < 4.78 is 4.81. The molecule has 1 aromatic heterocycles. The highest BCUT2D eigenvalue weighted by Gasteiger charge is 2.22. The van der Waals surface area contributed by atoms with E-state index in [9.17, 15) is 9.59 Å². The summed E-state index contributed by atoms with van der Waals surface area (Å²) in [6, 6.07) is 5.60. The van der Waals surface area contributed by atoms with Crippen LogP contribution in [0.3, 0.4) is 0 Å². The van der Waals surface area contributed by atoms with Crippen LogP contribution in [0.5, 0.6) is 0 Å². The predicted octanol–water partition coefficient (Wildman–Crippen LogP) is 4.10. The van der Waals surface area contributed by atoms with Gasteiger partial charge in [0.1, 0.15) is 0 Å². The van der Waals surface area contributed by atoms with E-state index in [1.807, 2.05) is 6.07 Å². The maximum atomic E-state index is 12.5. The van der Waals surface area contributed by atoms with Crippen molar-refractivity contribution in [2.75, 3.05) is 17.7 Å². The van der Waals surface area contributed by atoms with E-state index < -0.39 is 5.97 Å². The average molecular weight is 388 g/mol. The molecule has 3 rings (SSSR count). The zero-order valence-electron chi connectivity index (χ0n) is 15.7. The second kappa shape index (κ2) is 8.99. The van der Waals surface area contributed by atoms with Crippen molar-refractivity contribution in [3.8, 4) is 0 Å². The van der Waals surface area contributed by atoms with Crippen LogP contribution >= 0.6 is 11.3 Å². The minimum Gasteiger partial charge on any atom is -0.465 e. The van der Waals surface area contributed by atoms with Crippen molar-refractivity contribution in [2.24, 2.45) is 5.92 Å². The molecule has 1 heterocycles. The summed E-state index contributed by atoms with van der Waals surface area (Å²) in [5.41, 5.74) is 3.55. The van der Waals surface area contributed by atoms with Crippen molar-refractivity contribution < 1.29 is 14.3 Å². The number of esters is 1. The highest BCUT2D eigenvalue weighted by molar-refractivity contribution is 7.09. The lowest BCUT2D eigenvalue weighted by Crippen LogP contribution is -2.31. The number of carbonyl (C=O) groups is 2. The Morgan fingerprint density at radius 1 is 1.26 bits per heavy atom. The topological polar surface area (TPSA) is 80.3 Å². The molecule has 1 aliphatic carbocycles. The normalized spacial score (nSPS) is 19.3. The van der Waals surface area contributed by atoms with E-state index in [2.05, 4.69) is 22.5 Å². The first kappa shape index (κ1) is 19.4. The minimum atomic E-state index is -0.425. The van der Waals surface area contributed by atoms with Gasteiger partial charge in [0.25, 0.3) is 0 Å². The molecule has 6 nitrogen and oxygen atoms in total. The van der Waals surface area contributed by atoms with E-state index in [0.717, 1.165) is 17.0 Å². The Morgan fingerprint density at radius 3 is 2.78 bits per heavy atom. The summed E-state index contributed by atoms with van der Waals surface area (Å²) >= 11 is 1.44. The summed E-state index contributed by atoms with van der Waals surface area (Å²) in [7, 11) is 1.35. The standard InChI is InChI=1S/C20H25N3O3S/c1-13-5-3-4-6-16(13)22-17-8-7-14(20(25)26-2)9-18(17)23-19(24)10-15-11-21-12-27-15/h7-9,11-13,16,22H,3-6,10H2,1-2H3,(H,23,24)/t13-,16-/m1/s1. The van der Waals surface area contributed by atoms with Gasteiger partial charge in [0.05, 0.1) is 36.0 Å². The molecule has 0 unspecified atom stereocenters. The number of aromatic nitrogens is 1. The summed E-state index contributed by atoms with van der Waals surface area (Å²) in [5.74, 6) is 0.00586. The predicted molar refractivity (Wildman–Crippen MR) is 107 cm³/mol. The number of amides is 1. The van der Waals surface area contributed by atoms with Crippen molar-refractivity contribution in [3.05, 3.63) is 40.3 Å². The number of nitrogens with one attached hydrogen (secondary N) is 2. The average Bonchev–Trinajstić information content (AvgIpc) is 3.17. The van der Waals surface area contributed by atoms with Gasteiger partial charge in [0, 0.05) is 17.1 Å². The Balaban J connectivity index is 1.80. The van der Waals surface area contributed by atoms with E-state index >= 15 is 0 Å². The SMILES string of the molecule is COC(=O)c1ccc(N[C@@H]2CCCC[C@H]2C)c(NC(=O)Cc2cncs2)c1. The second-order valence-electron chi connectivity index (χ2n) is 6.96. The van der Waals surface area contributed by atoms with Crippen LogP contribution in [0, 0.1) is 5.92 Å². The first-order valence-electron chi connectivity index (χ1n) is 9.23. The molecule has 1 amide bonds. The van der Waals surface area contributed by atoms with Crippen LogP contribution in [-0.2, 0) is 16.0 Å². The Labute approximate surface area is 163 Å². The molecule has 0 spiro atoms. The highest BCUT2D eigenvalue weighted by Crippen LogP contribution is 2.31. The Bertz CT molecular complexity index is 792. The molecule has 1 aliphatic rings. The molecule has 0 aliphatic heterocycles. The van der Waals surface area contributed by atoms with Gasteiger partial charge in [0.2, 0.25) is 5.91 Å². The minimum absolute atomic E-state index is 0.138. The van der Waals surface area contributed by atoms with Gasteiger partial charge < -0.3 is 15.4 Å². The van der Waals surface area contributed by atoms with Crippen LogP contribution < -0.4 is 10.6 Å². The van der Waals surface area contributed by atoms with Crippen LogP contribution in [0.25, 0.3) is 0 Å². The molecule has 1 saturated carbocycles. The largest absolute Gasteiger partial charge is 0.465 e. The van der Waals surface area contributed by atoms with Gasteiger partial charge in [-0.25, -0.2) is 4.79 Å². The smallest absolute Gasteiger partial charge is 0.337 e. The molecule has 1 aromatic carbocycles. The highest BCUT2D eigenvalue weighted by atomic mass is 32.1. The van der Waals surface area contributed by atoms with Crippen molar-refractivity contribution in [1.29, 1.82) is 0 Å². The molecular formula is C20H25N3O3S. The van der Waals surface area contributed by atoms with Crippen molar-refractivity contribution in [1.82, 2.24) is 4.98 Å². The summed E-state index contributed by atoms with van der Waals surface area (Å²) in [6.45, 7) is 2.25. The fourth-order valence-electron chi connectivity index (χ4n) is 3.43. The van der Waals surface area contributed by atoms with Gasteiger partial charge >= 0.3 is 5.97 Å². The fraction of sp³-hybridized carbons (Fsp3) is 0.450. The number of hydrogen-bond acceptors (Lipinski definition) is 6. The molecule has 0 saturated heterocycles. The Kier molecular flexibility index (Phi) is 6.45. The molecule has 0 bridgehead atoms. The number of anilines is 2. The van der Waals surface area contributed by atoms with Crippen molar-refractivity contribution >= 4 is 34.6 Å². The number of nitrogens with zero attached hydrogens (tertiary/aromatic N) is 1. The van der Waals surface area contributed by atoms with Crippen LogP contribution in [0.1, 0.15) is 47.8 Å². The maximum absolute atomic E-state index is 12.5. The number of carbonyl (C=O) groups excluding carboxylic acids is 2. The van der Waals surface area contributed by atoms with Gasteiger partial charge in [-0.05, 0) is 37.0 Å². The Morgan fingerprint density at radius 2 is 2.07 bits per heavy atom. The third-order valence-electron chi connectivity index (χ3n) is 4.99. The second-order valence-corrected chi connectivity index (χ2v) is 7.93. The van der Waals surface area contributed by atoms with E-state index in [1.54, 1.807) is 23.8 Å². The van der Waals surface area contributed by atoms with Crippen molar-refractivity contribution in [2.45, 2.75) is 45.1 Å². The lowest BCUT2D eigenvalue weighted by molar-refractivity contribution is -0.115. The molecule has 2 N–H and O–H groups in total. The molecule has 7 heteroatoms. The van der Waals surface area contributed by atoms with Crippen LogP contribution in [0.15, 0.2) is 29.9 Å². The number of methoxy groups -OCH3 is 1. The van der Waals surface area contributed by atoms with E-state index in [0.29, 0.717) is 23.2 Å².